The number of anilines is 1. The zero-order valence-corrected chi connectivity index (χ0v) is 17.0. The molecule has 29 heavy (non-hydrogen) atoms. The first kappa shape index (κ1) is 22.1. The minimum Gasteiger partial charge on any atom is -0.504 e. The number of nitro benzene ring substituents is 1. The van der Waals surface area contributed by atoms with Crippen molar-refractivity contribution in [1.82, 2.24) is 4.31 Å². The molecule has 0 spiro atoms. The molecule has 0 aliphatic carbocycles. The normalized spacial score (nSPS) is 11.7. The van der Waals surface area contributed by atoms with Crippen LogP contribution in [0.1, 0.15) is 19.4 Å². The van der Waals surface area contributed by atoms with Crippen LogP contribution in [0.5, 0.6) is 11.5 Å². The number of non-ortho nitro benzene ring substituents is 1. The fourth-order valence-electron chi connectivity index (χ4n) is 2.61. The number of sulfonamides is 1. The summed E-state index contributed by atoms with van der Waals surface area (Å²) in [6.45, 7) is 3.77. The Balaban J connectivity index is 2.44. The number of nitrogens with zero attached hydrogens (tertiary/aromatic N) is 3. The predicted molar refractivity (Wildman–Crippen MR) is 109 cm³/mol. The van der Waals surface area contributed by atoms with E-state index in [0.29, 0.717) is 5.56 Å². The smallest absolute Gasteiger partial charge is 0.270 e. The van der Waals surface area contributed by atoms with Crippen LogP contribution in [0.3, 0.4) is 0 Å². The fraction of sp³-hybridized carbons (Fsp3) is 0.278. The number of para-hydroxylation sites is 1. The largest absolute Gasteiger partial charge is 0.504 e. The second kappa shape index (κ2) is 9.34. The van der Waals surface area contributed by atoms with Gasteiger partial charge in [-0.15, -0.1) is 0 Å². The Morgan fingerprint density at radius 3 is 2.55 bits per heavy atom. The van der Waals surface area contributed by atoms with Crippen molar-refractivity contribution in [3.05, 3.63) is 52.1 Å². The maximum absolute atomic E-state index is 12.9. The Morgan fingerprint density at radius 1 is 1.28 bits per heavy atom. The molecule has 11 heteroatoms. The number of hydrazone groups is 1. The van der Waals surface area contributed by atoms with Crippen molar-refractivity contribution in [2.24, 2.45) is 5.10 Å². The van der Waals surface area contributed by atoms with Gasteiger partial charge in [-0.05, 0) is 18.2 Å². The summed E-state index contributed by atoms with van der Waals surface area (Å²) in [5.41, 5.74) is 2.65. The second-order valence-electron chi connectivity index (χ2n) is 5.80. The Bertz CT molecular complexity index is 1020. The summed E-state index contributed by atoms with van der Waals surface area (Å²) >= 11 is 0. The standard InChI is InChI=1S/C18H22N4O6S/c1-4-21(5-2)29(26,27)17-11-14(22(24)25)9-10-15(17)20-19-12-13-7-6-8-16(28-3)18(13)23/h6-12,20,23H,4-5H2,1-3H3/b19-12+. The van der Waals surface area contributed by atoms with Crippen LogP contribution < -0.4 is 10.2 Å². The zero-order valence-electron chi connectivity index (χ0n) is 16.2. The third-order valence-corrected chi connectivity index (χ3v) is 6.23. The van der Waals surface area contributed by atoms with Crippen molar-refractivity contribution in [2.75, 3.05) is 25.6 Å². The molecule has 2 aromatic carbocycles. The SMILES string of the molecule is CCN(CC)S(=O)(=O)c1cc([N+](=O)[O-])ccc1N/N=C/c1cccc(OC)c1O. The molecule has 0 atom stereocenters. The molecule has 10 nitrogen and oxygen atoms in total. The summed E-state index contributed by atoms with van der Waals surface area (Å²) in [5, 5.41) is 25.2. The molecule has 0 fully saturated rings. The van der Waals surface area contributed by atoms with E-state index in [-0.39, 0.29) is 40.9 Å². The minimum atomic E-state index is -3.98. The summed E-state index contributed by atoms with van der Waals surface area (Å²) in [6.07, 6.45) is 1.28. The number of phenolic OH excluding ortho intramolecular Hbond substituents is 1. The molecular formula is C18H22N4O6S. The number of hydrogen-bond donors (Lipinski definition) is 2. The van der Waals surface area contributed by atoms with Crippen LogP contribution in [0.15, 0.2) is 46.4 Å². The van der Waals surface area contributed by atoms with Gasteiger partial charge >= 0.3 is 0 Å². The highest BCUT2D eigenvalue weighted by atomic mass is 32.2. The van der Waals surface area contributed by atoms with Crippen molar-refractivity contribution in [2.45, 2.75) is 18.7 Å². The highest BCUT2D eigenvalue weighted by molar-refractivity contribution is 7.89. The highest BCUT2D eigenvalue weighted by Gasteiger charge is 2.27. The molecule has 0 amide bonds. The third-order valence-electron chi connectivity index (χ3n) is 4.14. The van der Waals surface area contributed by atoms with Gasteiger partial charge in [-0.2, -0.15) is 9.41 Å². The number of phenols is 1. The van der Waals surface area contributed by atoms with Crippen molar-refractivity contribution in [3.63, 3.8) is 0 Å². The number of aromatic hydroxyl groups is 1. The van der Waals surface area contributed by atoms with Gasteiger partial charge in [0.25, 0.3) is 5.69 Å². The van der Waals surface area contributed by atoms with Gasteiger partial charge in [0.2, 0.25) is 10.0 Å². The molecular weight excluding hydrogens is 400 g/mol. The monoisotopic (exact) mass is 422 g/mol. The zero-order chi connectivity index (χ0) is 21.6. The van der Waals surface area contributed by atoms with Crippen LogP contribution in [-0.2, 0) is 10.0 Å². The number of rotatable bonds is 9. The fourth-order valence-corrected chi connectivity index (χ4v) is 4.23. The van der Waals surface area contributed by atoms with Crippen LogP contribution in [-0.4, -0.2) is 49.2 Å². The van der Waals surface area contributed by atoms with E-state index in [2.05, 4.69) is 10.5 Å². The van der Waals surface area contributed by atoms with E-state index in [1.165, 1.54) is 29.8 Å². The summed E-state index contributed by atoms with van der Waals surface area (Å²) in [5.74, 6) is 0.134. The first-order chi connectivity index (χ1) is 13.8. The Morgan fingerprint density at radius 2 is 1.97 bits per heavy atom. The molecule has 156 valence electrons. The van der Waals surface area contributed by atoms with E-state index < -0.39 is 14.9 Å². The molecule has 0 aliphatic heterocycles. The average Bonchev–Trinajstić information content (AvgIpc) is 2.70. The highest BCUT2D eigenvalue weighted by Crippen LogP contribution is 2.30. The molecule has 2 N–H and O–H groups in total. The van der Waals surface area contributed by atoms with E-state index in [9.17, 15) is 23.6 Å². The lowest BCUT2D eigenvalue weighted by Gasteiger charge is -2.20. The van der Waals surface area contributed by atoms with Gasteiger partial charge in [-0.3, -0.25) is 15.5 Å². The van der Waals surface area contributed by atoms with Crippen molar-refractivity contribution < 1.29 is 23.2 Å². The van der Waals surface area contributed by atoms with Crippen molar-refractivity contribution >= 4 is 27.6 Å². The number of hydrogen-bond acceptors (Lipinski definition) is 8. The summed E-state index contributed by atoms with van der Waals surface area (Å²) in [4.78, 5) is 10.2. The Labute approximate surface area is 168 Å². The molecule has 0 unspecified atom stereocenters. The van der Waals surface area contributed by atoms with Gasteiger partial charge in [0.05, 0.1) is 23.9 Å². The maximum atomic E-state index is 12.9. The van der Waals surface area contributed by atoms with Crippen molar-refractivity contribution in [3.8, 4) is 11.5 Å². The number of ether oxygens (including phenoxy) is 1. The van der Waals surface area contributed by atoms with Gasteiger partial charge in [0.1, 0.15) is 4.90 Å². The Hall–Kier alpha value is -3.18. The quantitative estimate of drug-likeness (QED) is 0.360. The van der Waals surface area contributed by atoms with Gasteiger partial charge in [0.15, 0.2) is 11.5 Å². The molecule has 0 saturated heterocycles. The van der Waals surface area contributed by atoms with E-state index in [1.807, 2.05) is 0 Å². The molecule has 0 radical (unpaired) electrons. The topological polar surface area (TPSA) is 134 Å². The van der Waals surface area contributed by atoms with Crippen LogP contribution in [0.2, 0.25) is 0 Å². The number of benzene rings is 2. The lowest BCUT2D eigenvalue weighted by atomic mass is 10.2. The average molecular weight is 422 g/mol. The van der Waals surface area contributed by atoms with Crippen molar-refractivity contribution in [1.29, 1.82) is 0 Å². The van der Waals surface area contributed by atoms with Gasteiger partial charge in [0, 0.05) is 30.8 Å². The lowest BCUT2D eigenvalue weighted by molar-refractivity contribution is -0.385. The summed E-state index contributed by atoms with van der Waals surface area (Å²) < 4.78 is 32.0. The van der Waals surface area contributed by atoms with E-state index in [0.717, 1.165) is 6.07 Å². The minimum absolute atomic E-state index is 0.0705. The number of nitrogens with one attached hydrogen (secondary N) is 1. The van der Waals surface area contributed by atoms with Crippen LogP contribution >= 0.6 is 0 Å². The number of nitro groups is 1. The molecule has 0 saturated carbocycles. The molecule has 0 aliphatic rings. The maximum Gasteiger partial charge on any atom is 0.270 e. The van der Waals surface area contributed by atoms with Crippen LogP contribution in [0, 0.1) is 10.1 Å². The van der Waals surface area contributed by atoms with Gasteiger partial charge in [-0.1, -0.05) is 19.9 Å². The van der Waals surface area contributed by atoms with E-state index in [1.54, 1.807) is 32.0 Å². The first-order valence-electron chi connectivity index (χ1n) is 8.69. The predicted octanol–water partition coefficient (Wildman–Crippen LogP) is 2.79. The van der Waals surface area contributed by atoms with Gasteiger partial charge in [-0.25, -0.2) is 8.42 Å². The van der Waals surface area contributed by atoms with E-state index in [4.69, 9.17) is 4.74 Å². The third kappa shape index (κ3) is 4.81. The molecule has 0 aromatic heterocycles. The summed E-state index contributed by atoms with van der Waals surface area (Å²) in [6, 6.07) is 8.27. The Kier molecular flexibility index (Phi) is 7.13. The van der Waals surface area contributed by atoms with E-state index >= 15 is 0 Å². The lowest BCUT2D eigenvalue weighted by Crippen LogP contribution is -2.31. The molecule has 2 rings (SSSR count). The first-order valence-corrected chi connectivity index (χ1v) is 10.1. The molecule has 0 bridgehead atoms. The van der Waals surface area contributed by atoms with Crippen LogP contribution in [0.4, 0.5) is 11.4 Å². The molecule has 2 aromatic rings. The van der Waals surface area contributed by atoms with Gasteiger partial charge < -0.3 is 9.84 Å². The summed E-state index contributed by atoms with van der Waals surface area (Å²) in [7, 11) is -2.57. The second-order valence-corrected chi connectivity index (χ2v) is 7.70. The van der Waals surface area contributed by atoms with Crippen LogP contribution in [0.25, 0.3) is 0 Å². The number of methoxy groups -OCH3 is 1. The molecule has 0 heterocycles.